The minimum Gasteiger partial charge on any atom is -0.381 e. The summed E-state index contributed by atoms with van der Waals surface area (Å²) in [6.45, 7) is 1.67. The van der Waals surface area contributed by atoms with E-state index in [9.17, 15) is 4.79 Å². The van der Waals surface area contributed by atoms with Crippen molar-refractivity contribution in [3.63, 3.8) is 0 Å². The van der Waals surface area contributed by atoms with E-state index < -0.39 is 0 Å². The van der Waals surface area contributed by atoms with E-state index in [1.165, 1.54) is 19.3 Å². The number of carbonyl (C=O) groups excluding carboxylic acids is 1. The van der Waals surface area contributed by atoms with E-state index in [2.05, 4.69) is 10.6 Å². The first-order chi connectivity index (χ1) is 7.81. The van der Waals surface area contributed by atoms with Gasteiger partial charge in [0.25, 0.3) is 0 Å². The fourth-order valence-electron chi connectivity index (χ4n) is 3.66. The predicted molar refractivity (Wildman–Crippen MR) is 57.9 cm³/mol. The van der Waals surface area contributed by atoms with Gasteiger partial charge in [0.2, 0.25) is 0 Å². The molecule has 3 unspecified atom stereocenters. The monoisotopic (exact) mass is 222 g/mol. The van der Waals surface area contributed by atoms with Gasteiger partial charge in [0, 0.05) is 23.9 Å². The van der Waals surface area contributed by atoms with Crippen LogP contribution < -0.4 is 10.6 Å². The summed E-state index contributed by atoms with van der Waals surface area (Å²) in [6, 6.07) is 0.883. The lowest BCUT2D eigenvalue weighted by atomic mass is 10.2. The predicted octanol–water partition coefficient (Wildman–Crippen LogP) is 0.729. The average Bonchev–Trinajstić information content (AvgIpc) is 3.00. The number of fused-ring (bicyclic) bond motifs is 2. The molecule has 88 valence electrons. The second-order valence-corrected chi connectivity index (χ2v) is 5.93. The van der Waals surface area contributed by atoms with Crippen LogP contribution in [0.1, 0.15) is 19.3 Å². The molecule has 2 amide bonds. The Balaban J connectivity index is 1.24. The summed E-state index contributed by atoms with van der Waals surface area (Å²) in [7, 11) is 0. The van der Waals surface area contributed by atoms with Gasteiger partial charge in [0.05, 0.1) is 13.2 Å². The number of urea groups is 1. The summed E-state index contributed by atoms with van der Waals surface area (Å²) in [5.41, 5.74) is 0. The first-order valence-electron chi connectivity index (χ1n) is 6.46. The molecule has 0 radical (unpaired) electrons. The highest BCUT2D eigenvalue weighted by atomic mass is 16.5. The lowest BCUT2D eigenvalue weighted by molar-refractivity contribution is 0.156. The third-order valence-electron chi connectivity index (χ3n) is 4.83. The zero-order valence-corrected chi connectivity index (χ0v) is 9.32. The minimum absolute atomic E-state index is 0.0469. The number of carbonyl (C=O) groups is 1. The summed E-state index contributed by atoms with van der Waals surface area (Å²) in [5.74, 6) is 3.06. The second-order valence-electron chi connectivity index (χ2n) is 5.93. The highest BCUT2D eigenvalue weighted by Gasteiger charge is 2.55. The fraction of sp³-hybridized carbons (Fsp3) is 0.917. The third kappa shape index (κ3) is 1.43. The third-order valence-corrected chi connectivity index (χ3v) is 4.83. The van der Waals surface area contributed by atoms with E-state index >= 15 is 0 Å². The highest BCUT2D eigenvalue weighted by Crippen LogP contribution is 2.51. The molecule has 4 rings (SSSR count). The van der Waals surface area contributed by atoms with Crippen LogP contribution in [0, 0.1) is 23.7 Å². The Morgan fingerprint density at radius 3 is 2.38 bits per heavy atom. The summed E-state index contributed by atoms with van der Waals surface area (Å²) < 4.78 is 5.30. The van der Waals surface area contributed by atoms with Gasteiger partial charge in [0.15, 0.2) is 0 Å². The number of ether oxygens (including phenoxy) is 1. The molecule has 0 bridgehead atoms. The van der Waals surface area contributed by atoms with Crippen molar-refractivity contribution < 1.29 is 9.53 Å². The molecule has 0 aromatic carbocycles. The molecule has 2 N–H and O–H groups in total. The Morgan fingerprint density at radius 1 is 1.00 bits per heavy atom. The molecule has 0 spiro atoms. The Bertz CT molecular complexity index is 307. The molecular weight excluding hydrogens is 204 g/mol. The van der Waals surface area contributed by atoms with Gasteiger partial charge in [0.1, 0.15) is 0 Å². The second kappa shape index (κ2) is 3.13. The fourth-order valence-corrected chi connectivity index (χ4v) is 3.66. The van der Waals surface area contributed by atoms with Crippen molar-refractivity contribution >= 4 is 6.03 Å². The van der Waals surface area contributed by atoms with E-state index in [0.717, 1.165) is 25.0 Å². The Hall–Kier alpha value is -0.770. The summed E-state index contributed by atoms with van der Waals surface area (Å²) in [5, 5.41) is 6.19. The van der Waals surface area contributed by atoms with Crippen LogP contribution in [0.3, 0.4) is 0 Å². The molecule has 1 saturated heterocycles. The maximum Gasteiger partial charge on any atom is 0.315 e. The molecule has 3 saturated carbocycles. The van der Waals surface area contributed by atoms with Crippen LogP contribution in [0.15, 0.2) is 0 Å². The Morgan fingerprint density at radius 2 is 1.69 bits per heavy atom. The summed E-state index contributed by atoms with van der Waals surface area (Å²) >= 11 is 0. The lowest BCUT2D eigenvalue weighted by Gasteiger charge is -2.15. The molecule has 3 aliphatic carbocycles. The molecule has 1 heterocycles. The van der Waals surface area contributed by atoms with Crippen LogP contribution in [0.5, 0.6) is 0 Å². The van der Waals surface area contributed by atoms with Crippen LogP contribution in [-0.4, -0.2) is 31.3 Å². The van der Waals surface area contributed by atoms with E-state index in [1.54, 1.807) is 0 Å². The molecule has 4 fully saturated rings. The SMILES string of the molecule is O=C(NC1CC2CC2C1)NC1[C@H]2COC[C@@H]12. The molecular formula is C12H18N2O2. The van der Waals surface area contributed by atoms with Gasteiger partial charge in [-0.25, -0.2) is 4.79 Å². The number of rotatable bonds is 2. The normalized spacial score (nSPS) is 51.8. The number of hydrogen-bond donors (Lipinski definition) is 2. The van der Waals surface area contributed by atoms with E-state index in [1.807, 2.05) is 0 Å². The molecule has 1 aliphatic heterocycles. The van der Waals surface area contributed by atoms with Crippen molar-refractivity contribution in [1.29, 1.82) is 0 Å². The zero-order valence-electron chi connectivity index (χ0n) is 9.32. The van der Waals surface area contributed by atoms with Crippen molar-refractivity contribution in [2.45, 2.75) is 31.3 Å². The first-order valence-corrected chi connectivity index (χ1v) is 6.46. The van der Waals surface area contributed by atoms with Gasteiger partial charge in [-0.15, -0.1) is 0 Å². The molecule has 4 aliphatic rings. The quantitative estimate of drug-likeness (QED) is 0.723. The van der Waals surface area contributed by atoms with Crippen LogP contribution in [0.4, 0.5) is 4.79 Å². The number of nitrogens with one attached hydrogen (secondary N) is 2. The van der Waals surface area contributed by atoms with Gasteiger partial charge in [-0.2, -0.15) is 0 Å². The largest absolute Gasteiger partial charge is 0.381 e. The topological polar surface area (TPSA) is 50.4 Å². The van der Waals surface area contributed by atoms with Crippen molar-refractivity contribution in [1.82, 2.24) is 10.6 Å². The molecule has 5 atom stereocenters. The van der Waals surface area contributed by atoms with Crippen LogP contribution in [0.25, 0.3) is 0 Å². The van der Waals surface area contributed by atoms with Crippen molar-refractivity contribution in [2.75, 3.05) is 13.2 Å². The summed E-state index contributed by atoms with van der Waals surface area (Å²) in [6.07, 6.45) is 3.82. The maximum atomic E-state index is 11.7. The number of hydrogen-bond acceptors (Lipinski definition) is 2. The molecule has 0 aromatic rings. The van der Waals surface area contributed by atoms with Gasteiger partial charge in [-0.1, -0.05) is 0 Å². The van der Waals surface area contributed by atoms with Crippen molar-refractivity contribution in [3.8, 4) is 0 Å². The van der Waals surface area contributed by atoms with Crippen LogP contribution in [0.2, 0.25) is 0 Å². The highest BCUT2D eigenvalue weighted by molar-refractivity contribution is 5.75. The van der Waals surface area contributed by atoms with Gasteiger partial charge in [-0.3, -0.25) is 0 Å². The smallest absolute Gasteiger partial charge is 0.315 e. The summed E-state index contributed by atoms with van der Waals surface area (Å²) in [4.78, 5) is 11.7. The van der Waals surface area contributed by atoms with Gasteiger partial charge in [-0.05, 0) is 31.1 Å². The van der Waals surface area contributed by atoms with Crippen LogP contribution in [-0.2, 0) is 4.74 Å². The number of amides is 2. The molecule has 4 heteroatoms. The van der Waals surface area contributed by atoms with Crippen molar-refractivity contribution in [2.24, 2.45) is 23.7 Å². The Labute approximate surface area is 95.1 Å². The lowest BCUT2D eigenvalue weighted by Crippen LogP contribution is -2.43. The van der Waals surface area contributed by atoms with Gasteiger partial charge < -0.3 is 15.4 Å². The van der Waals surface area contributed by atoms with Gasteiger partial charge >= 0.3 is 6.03 Å². The molecule has 0 aromatic heterocycles. The molecule has 16 heavy (non-hydrogen) atoms. The molecule has 4 nitrogen and oxygen atoms in total. The average molecular weight is 222 g/mol. The standard InChI is InChI=1S/C12H18N2O2/c15-12(13-8-2-6-1-7(6)3-8)14-11-9-4-16-5-10(9)11/h6-11H,1-5H2,(H2,13,14,15)/t6?,7?,8?,9-,10+,11?. The minimum atomic E-state index is 0.0469. The Kier molecular flexibility index (Phi) is 1.81. The van der Waals surface area contributed by atoms with Crippen LogP contribution >= 0.6 is 0 Å². The first kappa shape index (κ1) is 9.28. The van der Waals surface area contributed by atoms with Crippen molar-refractivity contribution in [3.05, 3.63) is 0 Å². The van der Waals surface area contributed by atoms with E-state index in [-0.39, 0.29) is 6.03 Å². The maximum absolute atomic E-state index is 11.7. The van der Waals surface area contributed by atoms with E-state index in [4.69, 9.17) is 4.74 Å². The zero-order chi connectivity index (χ0) is 10.7. The van der Waals surface area contributed by atoms with E-state index in [0.29, 0.717) is 23.9 Å².